The summed E-state index contributed by atoms with van der Waals surface area (Å²) in [6, 6.07) is 4.32. The van der Waals surface area contributed by atoms with Crippen LogP contribution in [0.25, 0.3) is 0 Å². The lowest BCUT2D eigenvalue weighted by molar-refractivity contribution is -0.145. The fraction of sp³-hybridized carbons (Fsp3) is 0.429. The SMILES string of the molecule is CC(C)(C)[C@H](NC(=O)COc1ccc(Br)cc1Br)C(=O)O. The van der Waals surface area contributed by atoms with Crippen LogP contribution in [0.2, 0.25) is 0 Å². The van der Waals surface area contributed by atoms with Gasteiger partial charge < -0.3 is 15.2 Å². The first kappa shape index (κ1) is 18.0. The Labute approximate surface area is 140 Å². The van der Waals surface area contributed by atoms with E-state index in [-0.39, 0.29) is 6.61 Å². The van der Waals surface area contributed by atoms with Crippen LogP contribution in [0.3, 0.4) is 0 Å². The topological polar surface area (TPSA) is 75.6 Å². The number of carboxylic acid groups (broad SMARTS) is 1. The maximum absolute atomic E-state index is 11.8. The van der Waals surface area contributed by atoms with Crippen LogP contribution >= 0.6 is 31.9 Å². The summed E-state index contributed by atoms with van der Waals surface area (Å²) >= 11 is 6.64. The minimum absolute atomic E-state index is 0.250. The van der Waals surface area contributed by atoms with Gasteiger partial charge in [0.25, 0.3) is 5.91 Å². The van der Waals surface area contributed by atoms with Crippen molar-refractivity contribution in [3.05, 3.63) is 27.1 Å². The number of aliphatic carboxylic acids is 1. The van der Waals surface area contributed by atoms with Crippen molar-refractivity contribution >= 4 is 43.7 Å². The molecule has 1 aromatic rings. The summed E-state index contributed by atoms with van der Waals surface area (Å²) in [4.78, 5) is 23.0. The Balaban J connectivity index is 2.63. The van der Waals surface area contributed by atoms with Gasteiger partial charge in [0.05, 0.1) is 4.47 Å². The summed E-state index contributed by atoms with van der Waals surface area (Å²) in [5.74, 6) is -1.04. The third kappa shape index (κ3) is 5.67. The normalized spacial score (nSPS) is 12.6. The van der Waals surface area contributed by atoms with Crippen LogP contribution < -0.4 is 10.1 Å². The fourth-order valence-corrected chi connectivity index (χ4v) is 2.75. The molecule has 1 rings (SSSR count). The molecule has 0 heterocycles. The number of nitrogens with one attached hydrogen (secondary N) is 1. The van der Waals surface area contributed by atoms with E-state index in [0.717, 1.165) is 4.47 Å². The number of carboxylic acids is 1. The molecule has 0 spiro atoms. The van der Waals surface area contributed by atoms with Crippen LogP contribution in [0, 0.1) is 5.41 Å². The average Bonchev–Trinajstić information content (AvgIpc) is 2.33. The Morgan fingerprint density at radius 1 is 1.33 bits per heavy atom. The van der Waals surface area contributed by atoms with Gasteiger partial charge in [0.1, 0.15) is 11.8 Å². The van der Waals surface area contributed by atoms with Crippen molar-refractivity contribution in [2.75, 3.05) is 6.61 Å². The first-order valence-electron chi connectivity index (χ1n) is 6.21. The Hall–Kier alpha value is -1.08. The molecule has 1 amide bonds. The molecule has 1 atom stereocenters. The van der Waals surface area contributed by atoms with Crippen LogP contribution in [0.15, 0.2) is 27.1 Å². The van der Waals surface area contributed by atoms with Gasteiger partial charge in [0.15, 0.2) is 6.61 Å². The Morgan fingerprint density at radius 3 is 2.43 bits per heavy atom. The van der Waals surface area contributed by atoms with Crippen LogP contribution in [0.1, 0.15) is 20.8 Å². The number of hydrogen-bond acceptors (Lipinski definition) is 3. The highest BCUT2D eigenvalue weighted by Crippen LogP contribution is 2.28. The number of carbonyl (C=O) groups excluding carboxylic acids is 1. The smallest absolute Gasteiger partial charge is 0.326 e. The van der Waals surface area contributed by atoms with Gasteiger partial charge in [-0.3, -0.25) is 4.79 Å². The standard InChI is InChI=1S/C14H17Br2NO4/c1-14(2,3)12(13(19)20)17-11(18)7-21-10-5-4-8(15)6-9(10)16/h4-6,12H,7H2,1-3H3,(H,17,18)(H,19,20)/t12-/m1/s1. The van der Waals surface area contributed by atoms with E-state index < -0.39 is 23.3 Å². The van der Waals surface area contributed by atoms with Gasteiger partial charge in [0.2, 0.25) is 0 Å². The molecule has 1 aromatic carbocycles. The van der Waals surface area contributed by atoms with Crippen molar-refractivity contribution in [3.63, 3.8) is 0 Å². The van der Waals surface area contributed by atoms with Gasteiger partial charge >= 0.3 is 5.97 Å². The zero-order valence-corrected chi connectivity index (χ0v) is 15.1. The average molecular weight is 423 g/mol. The molecule has 21 heavy (non-hydrogen) atoms. The van der Waals surface area contributed by atoms with Crippen molar-refractivity contribution in [2.24, 2.45) is 5.41 Å². The van der Waals surface area contributed by atoms with Crippen molar-refractivity contribution in [1.29, 1.82) is 0 Å². The molecule has 0 radical (unpaired) electrons. The molecule has 0 unspecified atom stereocenters. The lowest BCUT2D eigenvalue weighted by Gasteiger charge is -2.27. The quantitative estimate of drug-likeness (QED) is 0.763. The fourth-order valence-electron chi connectivity index (χ4n) is 1.59. The molecule has 0 saturated carbocycles. The van der Waals surface area contributed by atoms with E-state index in [4.69, 9.17) is 9.84 Å². The van der Waals surface area contributed by atoms with E-state index in [1.54, 1.807) is 39.0 Å². The monoisotopic (exact) mass is 421 g/mol. The lowest BCUT2D eigenvalue weighted by Crippen LogP contribution is -2.50. The lowest BCUT2D eigenvalue weighted by atomic mass is 9.87. The van der Waals surface area contributed by atoms with E-state index in [9.17, 15) is 9.59 Å². The highest BCUT2D eigenvalue weighted by atomic mass is 79.9. The first-order valence-corrected chi connectivity index (χ1v) is 7.80. The molecule has 0 fully saturated rings. The third-order valence-corrected chi connectivity index (χ3v) is 3.78. The predicted molar refractivity (Wildman–Crippen MR) is 86.4 cm³/mol. The van der Waals surface area contributed by atoms with E-state index in [1.807, 2.05) is 0 Å². The molecular weight excluding hydrogens is 406 g/mol. The summed E-state index contributed by atoms with van der Waals surface area (Å²) in [5.41, 5.74) is -0.584. The molecule has 2 N–H and O–H groups in total. The third-order valence-electron chi connectivity index (χ3n) is 2.67. The van der Waals surface area contributed by atoms with Crippen molar-refractivity contribution in [1.82, 2.24) is 5.32 Å². The molecule has 0 aliphatic heterocycles. The zero-order valence-electron chi connectivity index (χ0n) is 11.9. The summed E-state index contributed by atoms with van der Waals surface area (Å²) in [5, 5.41) is 11.6. The summed E-state index contributed by atoms with van der Waals surface area (Å²) < 4.78 is 6.96. The number of halogens is 2. The van der Waals surface area contributed by atoms with Gasteiger partial charge in [-0.05, 0) is 39.5 Å². The van der Waals surface area contributed by atoms with E-state index in [2.05, 4.69) is 37.2 Å². The van der Waals surface area contributed by atoms with Gasteiger partial charge in [-0.1, -0.05) is 36.7 Å². The molecule has 116 valence electrons. The number of ether oxygens (including phenoxy) is 1. The number of hydrogen-bond donors (Lipinski definition) is 2. The molecule has 7 heteroatoms. The van der Waals surface area contributed by atoms with Gasteiger partial charge in [-0.2, -0.15) is 0 Å². The summed E-state index contributed by atoms with van der Waals surface area (Å²) in [7, 11) is 0. The Kier molecular flexibility index (Phi) is 6.22. The Morgan fingerprint density at radius 2 is 1.95 bits per heavy atom. The van der Waals surface area contributed by atoms with Crippen LogP contribution in [-0.2, 0) is 9.59 Å². The van der Waals surface area contributed by atoms with Crippen LogP contribution in [0.4, 0.5) is 0 Å². The van der Waals surface area contributed by atoms with Gasteiger partial charge in [-0.15, -0.1) is 0 Å². The second-order valence-corrected chi connectivity index (χ2v) is 7.34. The minimum Gasteiger partial charge on any atom is -0.483 e. The minimum atomic E-state index is -1.07. The Bertz CT molecular complexity index is 540. The van der Waals surface area contributed by atoms with Crippen molar-refractivity contribution in [2.45, 2.75) is 26.8 Å². The van der Waals surface area contributed by atoms with E-state index in [0.29, 0.717) is 10.2 Å². The summed E-state index contributed by atoms with van der Waals surface area (Å²) in [6.07, 6.45) is 0. The highest BCUT2D eigenvalue weighted by molar-refractivity contribution is 9.11. The zero-order chi connectivity index (χ0) is 16.2. The highest BCUT2D eigenvalue weighted by Gasteiger charge is 2.32. The maximum Gasteiger partial charge on any atom is 0.326 e. The molecule has 0 aliphatic carbocycles. The summed E-state index contributed by atoms with van der Waals surface area (Å²) in [6.45, 7) is 4.99. The number of rotatable bonds is 5. The largest absolute Gasteiger partial charge is 0.483 e. The van der Waals surface area contributed by atoms with E-state index in [1.165, 1.54) is 0 Å². The number of carbonyl (C=O) groups is 2. The second-order valence-electron chi connectivity index (χ2n) is 5.57. The maximum atomic E-state index is 11.8. The van der Waals surface area contributed by atoms with Gasteiger partial charge in [0, 0.05) is 4.47 Å². The second kappa shape index (κ2) is 7.26. The van der Waals surface area contributed by atoms with Gasteiger partial charge in [-0.25, -0.2) is 4.79 Å². The van der Waals surface area contributed by atoms with Crippen molar-refractivity contribution in [3.8, 4) is 5.75 Å². The molecule has 5 nitrogen and oxygen atoms in total. The van der Waals surface area contributed by atoms with Crippen molar-refractivity contribution < 1.29 is 19.4 Å². The first-order chi connectivity index (χ1) is 9.61. The molecule has 0 saturated heterocycles. The molecule has 0 bridgehead atoms. The predicted octanol–water partition coefficient (Wildman–Crippen LogP) is 3.21. The molecular formula is C14H17Br2NO4. The number of benzene rings is 1. The number of amides is 1. The van der Waals surface area contributed by atoms with Crippen LogP contribution in [-0.4, -0.2) is 29.6 Å². The van der Waals surface area contributed by atoms with Crippen LogP contribution in [0.5, 0.6) is 5.75 Å². The molecule has 0 aromatic heterocycles. The van der Waals surface area contributed by atoms with E-state index >= 15 is 0 Å². The molecule has 0 aliphatic rings.